The van der Waals surface area contributed by atoms with Crippen LogP contribution in [0.3, 0.4) is 0 Å². The van der Waals surface area contributed by atoms with Gasteiger partial charge >= 0.3 is 0 Å². The van der Waals surface area contributed by atoms with Gasteiger partial charge in [0.25, 0.3) is 0 Å². The van der Waals surface area contributed by atoms with E-state index in [0.29, 0.717) is 23.0 Å². The summed E-state index contributed by atoms with van der Waals surface area (Å²) in [6.45, 7) is 4.26. The number of nitrogens with zero attached hydrogens (tertiary/aromatic N) is 2. The van der Waals surface area contributed by atoms with Gasteiger partial charge in [0, 0.05) is 6.20 Å². The molecule has 0 aliphatic carbocycles. The largest absolute Gasteiger partial charge is 0.455 e. The topological polar surface area (TPSA) is 80.7 Å². The number of amidine groups is 1. The molecule has 5 heteroatoms. The van der Waals surface area contributed by atoms with E-state index in [9.17, 15) is 0 Å². The van der Waals surface area contributed by atoms with Crippen LogP contribution in [0, 0.1) is 0 Å². The van der Waals surface area contributed by atoms with Gasteiger partial charge in [0.15, 0.2) is 11.6 Å². The zero-order valence-electron chi connectivity index (χ0n) is 11.4. The van der Waals surface area contributed by atoms with Crippen molar-refractivity contribution < 1.29 is 9.94 Å². The van der Waals surface area contributed by atoms with Gasteiger partial charge in [-0.25, -0.2) is 0 Å². The molecule has 0 aliphatic heterocycles. The Kier molecular flexibility index (Phi) is 4.20. The van der Waals surface area contributed by atoms with Gasteiger partial charge in [0.05, 0.1) is 11.8 Å². The van der Waals surface area contributed by atoms with Crippen molar-refractivity contribution in [2.45, 2.75) is 19.8 Å². The number of pyridine rings is 1. The standard InChI is InChI=1S/C15H17N3O2/c1-10(2)11-3-5-12(6-4-11)20-14-9-17-8-7-13(14)15(16)18-19/h3-10,19H,1-2H3,(H2,16,18). The average Bonchev–Trinajstić information content (AvgIpc) is 2.47. The lowest BCUT2D eigenvalue weighted by atomic mass is 10.0. The number of rotatable bonds is 4. The van der Waals surface area contributed by atoms with Crippen molar-refractivity contribution in [2.75, 3.05) is 0 Å². The minimum absolute atomic E-state index is 0.0128. The molecule has 5 nitrogen and oxygen atoms in total. The summed E-state index contributed by atoms with van der Waals surface area (Å²) in [4.78, 5) is 3.99. The molecular formula is C15H17N3O2. The molecule has 2 rings (SSSR count). The van der Waals surface area contributed by atoms with E-state index < -0.39 is 0 Å². The molecule has 1 aromatic carbocycles. The van der Waals surface area contributed by atoms with E-state index >= 15 is 0 Å². The van der Waals surface area contributed by atoms with E-state index in [2.05, 4.69) is 24.0 Å². The molecule has 0 aliphatic rings. The smallest absolute Gasteiger partial charge is 0.173 e. The van der Waals surface area contributed by atoms with Gasteiger partial charge in [-0.1, -0.05) is 31.1 Å². The summed E-state index contributed by atoms with van der Waals surface area (Å²) in [5.41, 5.74) is 7.34. The van der Waals surface area contributed by atoms with Crippen molar-refractivity contribution in [3.05, 3.63) is 53.9 Å². The summed E-state index contributed by atoms with van der Waals surface area (Å²) in [6.07, 6.45) is 3.09. The first kappa shape index (κ1) is 13.9. The lowest BCUT2D eigenvalue weighted by molar-refractivity contribution is 0.318. The zero-order valence-corrected chi connectivity index (χ0v) is 11.4. The molecule has 2 aromatic rings. The normalized spacial score (nSPS) is 11.7. The van der Waals surface area contributed by atoms with Crippen LogP contribution >= 0.6 is 0 Å². The molecule has 0 fully saturated rings. The van der Waals surface area contributed by atoms with Gasteiger partial charge in [-0.15, -0.1) is 0 Å². The van der Waals surface area contributed by atoms with Crippen molar-refractivity contribution in [1.82, 2.24) is 4.98 Å². The van der Waals surface area contributed by atoms with E-state index in [1.165, 1.54) is 11.8 Å². The molecule has 0 unspecified atom stereocenters. The Balaban J connectivity index is 2.26. The first-order valence-electron chi connectivity index (χ1n) is 6.31. The second-order valence-electron chi connectivity index (χ2n) is 4.68. The number of hydrogen-bond donors (Lipinski definition) is 2. The van der Waals surface area contributed by atoms with Crippen LogP contribution in [0.25, 0.3) is 0 Å². The molecule has 0 amide bonds. The monoisotopic (exact) mass is 271 g/mol. The number of hydrogen-bond acceptors (Lipinski definition) is 4. The van der Waals surface area contributed by atoms with Crippen LogP contribution in [-0.2, 0) is 0 Å². The zero-order chi connectivity index (χ0) is 14.5. The minimum atomic E-state index is -0.0128. The summed E-state index contributed by atoms with van der Waals surface area (Å²) in [7, 11) is 0. The second-order valence-corrected chi connectivity index (χ2v) is 4.68. The highest BCUT2D eigenvalue weighted by molar-refractivity contribution is 5.99. The van der Waals surface area contributed by atoms with Crippen LogP contribution in [0.15, 0.2) is 47.9 Å². The third-order valence-electron chi connectivity index (χ3n) is 2.94. The predicted molar refractivity (Wildman–Crippen MR) is 77.4 cm³/mol. The molecule has 0 atom stereocenters. The second kappa shape index (κ2) is 6.06. The SMILES string of the molecule is CC(C)c1ccc(Oc2cnccc2/C(N)=N/O)cc1. The van der Waals surface area contributed by atoms with Crippen molar-refractivity contribution in [2.24, 2.45) is 10.9 Å². The van der Waals surface area contributed by atoms with Gasteiger partial charge in [-0.3, -0.25) is 4.98 Å². The molecule has 1 heterocycles. The number of ether oxygens (including phenoxy) is 1. The number of aromatic nitrogens is 1. The van der Waals surface area contributed by atoms with Gasteiger partial charge in [-0.05, 0) is 29.7 Å². The van der Waals surface area contributed by atoms with Crippen molar-refractivity contribution >= 4 is 5.84 Å². The number of benzene rings is 1. The molecule has 0 saturated heterocycles. The van der Waals surface area contributed by atoms with Crippen molar-refractivity contribution in [3.63, 3.8) is 0 Å². The third kappa shape index (κ3) is 3.06. The van der Waals surface area contributed by atoms with Crippen LogP contribution in [0.5, 0.6) is 11.5 Å². The lowest BCUT2D eigenvalue weighted by Gasteiger charge is -2.11. The fourth-order valence-electron chi connectivity index (χ4n) is 1.77. The first-order valence-corrected chi connectivity index (χ1v) is 6.31. The molecule has 3 N–H and O–H groups in total. The molecule has 1 aromatic heterocycles. The molecule has 20 heavy (non-hydrogen) atoms. The van der Waals surface area contributed by atoms with Crippen molar-refractivity contribution in [1.29, 1.82) is 0 Å². The minimum Gasteiger partial charge on any atom is -0.455 e. The fourth-order valence-corrected chi connectivity index (χ4v) is 1.77. The summed E-state index contributed by atoms with van der Waals surface area (Å²) < 4.78 is 5.73. The molecule has 0 radical (unpaired) electrons. The fraction of sp³-hybridized carbons (Fsp3) is 0.200. The quantitative estimate of drug-likeness (QED) is 0.387. The van der Waals surface area contributed by atoms with Gasteiger partial charge in [-0.2, -0.15) is 0 Å². The highest BCUT2D eigenvalue weighted by atomic mass is 16.5. The highest BCUT2D eigenvalue weighted by Crippen LogP contribution is 2.26. The predicted octanol–water partition coefficient (Wildman–Crippen LogP) is 3.09. The van der Waals surface area contributed by atoms with E-state index in [1.807, 2.05) is 24.3 Å². The molecule has 0 bridgehead atoms. The summed E-state index contributed by atoms with van der Waals surface area (Å²) in [5.74, 6) is 1.57. The Morgan fingerprint density at radius 2 is 1.95 bits per heavy atom. The van der Waals surface area contributed by atoms with Crippen molar-refractivity contribution in [3.8, 4) is 11.5 Å². The highest BCUT2D eigenvalue weighted by Gasteiger charge is 2.09. The van der Waals surface area contributed by atoms with Crippen LogP contribution in [0.2, 0.25) is 0 Å². The average molecular weight is 271 g/mol. The van der Waals surface area contributed by atoms with Crippen LogP contribution in [0.1, 0.15) is 30.9 Å². The molecule has 104 valence electrons. The molecular weight excluding hydrogens is 254 g/mol. The summed E-state index contributed by atoms with van der Waals surface area (Å²) in [5, 5.41) is 11.7. The number of nitrogens with two attached hydrogens (primary N) is 1. The van der Waals surface area contributed by atoms with E-state index in [1.54, 1.807) is 12.3 Å². The van der Waals surface area contributed by atoms with E-state index in [-0.39, 0.29) is 5.84 Å². The Labute approximate surface area is 117 Å². The maximum atomic E-state index is 8.76. The maximum absolute atomic E-state index is 8.76. The Hall–Kier alpha value is -2.56. The van der Waals surface area contributed by atoms with Gasteiger partial charge in [0.2, 0.25) is 0 Å². The van der Waals surface area contributed by atoms with E-state index in [0.717, 1.165) is 0 Å². The Bertz CT molecular complexity index is 607. The van der Waals surface area contributed by atoms with Gasteiger partial charge in [0.1, 0.15) is 5.75 Å². The molecule has 0 saturated carbocycles. The van der Waals surface area contributed by atoms with Crippen LogP contribution < -0.4 is 10.5 Å². The Morgan fingerprint density at radius 3 is 2.55 bits per heavy atom. The number of oxime groups is 1. The van der Waals surface area contributed by atoms with Gasteiger partial charge < -0.3 is 15.7 Å². The van der Waals surface area contributed by atoms with E-state index in [4.69, 9.17) is 15.7 Å². The van der Waals surface area contributed by atoms with Crippen LogP contribution in [0.4, 0.5) is 0 Å². The third-order valence-corrected chi connectivity index (χ3v) is 2.94. The lowest BCUT2D eigenvalue weighted by Crippen LogP contribution is -2.14. The first-order chi connectivity index (χ1) is 9.61. The summed E-state index contributed by atoms with van der Waals surface area (Å²) in [6, 6.07) is 9.43. The molecule has 0 spiro atoms. The maximum Gasteiger partial charge on any atom is 0.173 e. The Morgan fingerprint density at radius 1 is 1.25 bits per heavy atom. The summed E-state index contributed by atoms with van der Waals surface area (Å²) >= 11 is 0. The van der Waals surface area contributed by atoms with Crippen LogP contribution in [-0.4, -0.2) is 16.0 Å².